The number of hydrogen-bond donors (Lipinski definition) is 0. The minimum Gasteiger partial charge on any atom is -0.466 e. The predicted molar refractivity (Wildman–Crippen MR) is 91.0 cm³/mol. The third-order valence-electron chi connectivity index (χ3n) is 5.23. The summed E-state index contributed by atoms with van der Waals surface area (Å²) < 4.78 is 10.8. The van der Waals surface area contributed by atoms with Gasteiger partial charge >= 0.3 is 11.9 Å². The molecule has 0 aromatic heterocycles. The van der Waals surface area contributed by atoms with Crippen LogP contribution in [0.3, 0.4) is 0 Å². The number of ether oxygens (including phenoxy) is 2. The van der Waals surface area contributed by atoms with Crippen molar-refractivity contribution in [3.05, 3.63) is 0 Å². The van der Waals surface area contributed by atoms with Crippen molar-refractivity contribution in [1.29, 1.82) is 0 Å². The van der Waals surface area contributed by atoms with Crippen LogP contribution in [-0.2, 0) is 19.1 Å². The molecule has 0 radical (unpaired) electrons. The van der Waals surface area contributed by atoms with E-state index in [4.69, 9.17) is 9.47 Å². The van der Waals surface area contributed by atoms with Gasteiger partial charge in [0.25, 0.3) is 0 Å². The van der Waals surface area contributed by atoms with Crippen LogP contribution in [0.1, 0.15) is 79.1 Å². The van der Waals surface area contributed by atoms with E-state index in [1.54, 1.807) is 0 Å². The third-order valence-corrected chi connectivity index (χ3v) is 5.23. The van der Waals surface area contributed by atoms with Gasteiger partial charge in [0, 0.05) is 0 Å². The van der Waals surface area contributed by atoms with Gasteiger partial charge in [-0.2, -0.15) is 0 Å². The van der Waals surface area contributed by atoms with Crippen LogP contribution in [0.2, 0.25) is 0 Å². The van der Waals surface area contributed by atoms with Crippen molar-refractivity contribution in [3.8, 4) is 0 Å². The lowest BCUT2D eigenvalue weighted by atomic mass is 9.62. The molecule has 0 saturated heterocycles. The summed E-state index contributed by atoms with van der Waals surface area (Å²) in [6, 6.07) is 0. The Balaban J connectivity index is 2.74. The molecule has 0 heterocycles. The lowest BCUT2D eigenvalue weighted by molar-refractivity contribution is -0.175. The van der Waals surface area contributed by atoms with E-state index in [2.05, 4.69) is 13.8 Å². The Kier molecular flexibility index (Phi) is 8.64. The van der Waals surface area contributed by atoms with Gasteiger partial charge in [-0.05, 0) is 44.9 Å². The number of unbranched alkanes of at least 4 members (excludes halogenated alkanes) is 3. The van der Waals surface area contributed by atoms with Gasteiger partial charge in [0.15, 0.2) is 0 Å². The van der Waals surface area contributed by atoms with Crippen LogP contribution >= 0.6 is 0 Å². The molecule has 0 bridgehead atoms. The van der Waals surface area contributed by atoms with Crippen LogP contribution in [0, 0.1) is 17.3 Å². The maximum Gasteiger partial charge on any atom is 0.312 e. The van der Waals surface area contributed by atoms with Crippen molar-refractivity contribution in [1.82, 2.24) is 0 Å². The van der Waals surface area contributed by atoms with Crippen molar-refractivity contribution in [2.45, 2.75) is 79.1 Å². The number of hydrogen-bond acceptors (Lipinski definition) is 4. The molecule has 1 saturated carbocycles. The fourth-order valence-corrected chi connectivity index (χ4v) is 3.63. The maximum absolute atomic E-state index is 12.6. The summed E-state index contributed by atoms with van der Waals surface area (Å²) in [6.45, 7) is 8.92. The molecule has 4 heteroatoms. The highest BCUT2D eigenvalue weighted by atomic mass is 16.5. The molecule has 1 aliphatic rings. The predicted octanol–water partition coefficient (Wildman–Crippen LogP) is 4.51. The first-order valence-electron chi connectivity index (χ1n) is 9.35. The van der Waals surface area contributed by atoms with Gasteiger partial charge in [-0.25, -0.2) is 0 Å². The van der Waals surface area contributed by atoms with Gasteiger partial charge in [0.1, 0.15) is 0 Å². The molecule has 0 spiro atoms. The molecule has 3 atom stereocenters. The first-order valence-corrected chi connectivity index (χ1v) is 9.35. The summed E-state index contributed by atoms with van der Waals surface area (Å²) in [5.41, 5.74) is -0.691. The molecule has 1 rings (SSSR count). The molecule has 1 fully saturated rings. The Hall–Kier alpha value is -1.06. The van der Waals surface area contributed by atoms with E-state index in [9.17, 15) is 9.59 Å². The van der Waals surface area contributed by atoms with Crippen molar-refractivity contribution in [2.24, 2.45) is 17.3 Å². The first-order chi connectivity index (χ1) is 11.0. The van der Waals surface area contributed by atoms with Crippen LogP contribution in [0.4, 0.5) is 0 Å². The zero-order valence-corrected chi connectivity index (χ0v) is 15.4. The van der Waals surface area contributed by atoms with Crippen molar-refractivity contribution in [2.75, 3.05) is 13.2 Å². The molecular formula is C19H34O4. The highest BCUT2D eigenvalue weighted by Gasteiger charge is 2.52. The molecule has 0 amide bonds. The molecule has 0 N–H and O–H groups in total. The average Bonchev–Trinajstić information content (AvgIpc) is 2.55. The lowest BCUT2D eigenvalue weighted by Gasteiger charge is -2.42. The van der Waals surface area contributed by atoms with Crippen LogP contribution in [0.5, 0.6) is 0 Å². The summed E-state index contributed by atoms with van der Waals surface area (Å²) in [7, 11) is 0. The Morgan fingerprint density at radius 2 is 1.83 bits per heavy atom. The Morgan fingerprint density at radius 1 is 1.09 bits per heavy atom. The molecule has 4 nitrogen and oxygen atoms in total. The van der Waals surface area contributed by atoms with E-state index in [0.717, 1.165) is 38.5 Å². The van der Waals surface area contributed by atoms with E-state index in [-0.39, 0.29) is 17.9 Å². The van der Waals surface area contributed by atoms with Crippen LogP contribution < -0.4 is 0 Å². The average molecular weight is 326 g/mol. The van der Waals surface area contributed by atoms with E-state index >= 15 is 0 Å². The summed E-state index contributed by atoms with van der Waals surface area (Å²) >= 11 is 0. The monoisotopic (exact) mass is 326 g/mol. The molecule has 23 heavy (non-hydrogen) atoms. The van der Waals surface area contributed by atoms with Gasteiger partial charge in [-0.15, -0.1) is 0 Å². The summed E-state index contributed by atoms with van der Waals surface area (Å²) in [4.78, 5) is 25.2. The number of esters is 2. The standard InChI is InChI=1S/C19H34O4/c1-5-8-9-10-13-23-17(20)16-14-15(4)11-12-19(16,6-2)18(21)22-7-3/h15-16H,5-14H2,1-4H3. The van der Waals surface area contributed by atoms with E-state index in [1.807, 2.05) is 13.8 Å². The molecular weight excluding hydrogens is 292 g/mol. The first kappa shape index (κ1) is 20.0. The smallest absolute Gasteiger partial charge is 0.312 e. The van der Waals surface area contributed by atoms with E-state index in [0.29, 0.717) is 25.6 Å². The topological polar surface area (TPSA) is 52.6 Å². The number of carbonyl (C=O) groups excluding carboxylic acids is 2. The third kappa shape index (κ3) is 5.22. The fourth-order valence-electron chi connectivity index (χ4n) is 3.63. The van der Waals surface area contributed by atoms with Crippen LogP contribution in [0.15, 0.2) is 0 Å². The van der Waals surface area contributed by atoms with Gasteiger partial charge in [-0.3, -0.25) is 9.59 Å². The summed E-state index contributed by atoms with van der Waals surface area (Å²) in [5, 5.41) is 0. The lowest BCUT2D eigenvalue weighted by Crippen LogP contribution is -2.47. The zero-order valence-electron chi connectivity index (χ0n) is 15.4. The molecule has 1 aliphatic carbocycles. The van der Waals surface area contributed by atoms with Gasteiger partial charge in [0.05, 0.1) is 24.5 Å². The second-order valence-electron chi connectivity index (χ2n) is 6.89. The molecule has 0 aliphatic heterocycles. The zero-order chi connectivity index (χ0) is 17.3. The van der Waals surface area contributed by atoms with Gasteiger partial charge in [0.2, 0.25) is 0 Å². The quantitative estimate of drug-likeness (QED) is 0.462. The van der Waals surface area contributed by atoms with E-state index < -0.39 is 5.41 Å². The minimum atomic E-state index is -0.691. The molecule has 134 valence electrons. The van der Waals surface area contributed by atoms with Crippen molar-refractivity contribution >= 4 is 11.9 Å². The highest BCUT2D eigenvalue weighted by Crippen LogP contribution is 2.47. The van der Waals surface area contributed by atoms with Gasteiger partial charge in [-0.1, -0.05) is 40.0 Å². The Labute approximate surface area is 141 Å². The maximum atomic E-state index is 12.6. The summed E-state index contributed by atoms with van der Waals surface area (Å²) in [6.07, 6.45) is 7.36. The fraction of sp³-hybridized carbons (Fsp3) is 0.895. The minimum absolute atomic E-state index is 0.206. The Bertz CT molecular complexity index is 380. The van der Waals surface area contributed by atoms with Crippen molar-refractivity contribution in [3.63, 3.8) is 0 Å². The number of carbonyl (C=O) groups is 2. The van der Waals surface area contributed by atoms with E-state index in [1.165, 1.54) is 6.42 Å². The summed E-state index contributed by atoms with van der Waals surface area (Å²) in [5.74, 6) is -0.339. The second-order valence-corrected chi connectivity index (χ2v) is 6.89. The number of rotatable bonds is 9. The second kappa shape index (κ2) is 9.94. The molecule has 3 unspecified atom stereocenters. The van der Waals surface area contributed by atoms with Crippen LogP contribution in [0.25, 0.3) is 0 Å². The molecule has 0 aromatic rings. The Morgan fingerprint density at radius 3 is 2.43 bits per heavy atom. The highest BCUT2D eigenvalue weighted by molar-refractivity contribution is 5.85. The van der Waals surface area contributed by atoms with Crippen molar-refractivity contribution < 1.29 is 19.1 Å². The van der Waals surface area contributed by atoms with Crippen LogP contribution in [-0.4, -0.2) is 25.2 Å². The SMILES string of the molecule is CCCCCCOC(=O)C1CC(C)CCC1(CC)C(=O)OCC. The normalized spacial score (nSPS) is 27.5. The largest absolute Gasteiger partial charge is 0.466 e. The van der Waals surface area contributed by atoms with Gasteiger partial charge < -0.3 is 9.47 Å². The molecule has 0 aromatic carbocycles.